The summed E-state index contributed by atoms with van der Waals surface area (Å²) in [5, 5.41) is 7.86. The van der Waals surface area contributed by atoms with Gasteiger partial charge in [0.15, 0.2) is 18.3 Å². The molecule has 0 aliphatic heterocycles. The Kier molecular flexibility index (Phi) is 6.29. The SMILES string of the molecule is Cc1c(N)cccc1/C(N)=N/OC(=O)c1ccn(COc2ccc(C(C)(C)C)cc2)n1. The quantitative estimate of drug-likeness (QED) is 0.206. The van der Waals surface area contributed by atoms with E-state index in [1.54, 1.807) is 24.4 Å². The van der Waals surface area contributed by atoms with Gasteiger partial charge < -0.3 is 21.0 Å². The molecule has 0 saturated carbocycles. The van der Waals surface area contributed by atoms with Crippen molar-refractivity contribution in [3.8, 4) is 5.75 Å². The highest BCUT2D eigenvalue weighted by Crippen LogP contribution is 2.24. The average molecular weight is 422 g/mol. The van der Waals surface area contributed by atoms with Gasteiger partial charge in [-0.2, -0.15) is 5.10 Å². The molecule has 0 unspecified atom stereocenters. The van der Waals surface area contributed by atoms with Crippen LogP contribution in [0.1, 0.15) is 48.0 Å². The minimum atomic E-state index is -0.724. The minimum absolute atomic E-state index is 0.0552. The molecule has 1 aromatic heterocycles. The monoisotopic (exact) mass is 421 g/mol. The number of anilines is 1. The number of aromatic nitrogens is 2. The molecule has 4 N–H and O–H groups in total. The maximum absolute atomic E-state index is 12.2. The molecule has 0 amide bonds. The summed E-state index contributed by atoms with van der Waals surface area (Å²) in [7, 11) is 0. The van der Waals surface area contributed by atoms with Gasteiger partial charge >= 0.3 is 5.97 Å². The first-order valence-electron chi connectivity index (χ1n) is 9.82. The van der Waals surface area contributed by atoms with E-state index in [-0.39, 0.29) is 23.7 Å². The number of ether oxygens (including phenoxy) is 1. The smallest absolute Gasteiger partial charge is 0.385 e. The molecule has 162 valence electrons. The van der Waals surface area contributed by atoms with Gasteiger partial charge in [-0.05, 0) is 47.7 Å². The Morgan fingerprint density at radius 2 is 1.84 bits per heavy atom. The second kappa shape index (κ2) is 8.91. The summed E-state index contributed by atoms with van der Waals surface area (Å²) in [5.74, 6) is 0.0416. The average Bonchev–Trinajstić information content (AvgIpc) is 3.21. The molecule has 2 aromatic carbocycles. The first kappa shape index (κ1) is 21.9. The van der Waals surface area contributed by atoms with Gasteiger partial charge in [0.25, 0.3) is 0 Å². The number of carbonyl (C=O) groups excluding carboxylic acids is 1. The number of oxime groups is 1. The molecule has 0 atom stereocenters. The Bertz CT molecular complexity index is 1100. The molecular weight excluding hydrogens is 394 g/mol. The Hall–Kier alpha value is -3.81. The fourth-order valence-electron chi connectivity index (χ4n) is 2.85. The van der Waals surface area contributed by atoms with E-state index in [9.17, 15) is 4.79 Å². The van der Waals surface area contributed by atoms with Gasteiger partial charge in [0.05, 0.1) is 0 Å². The van der Waals surface area contributed by atoms with E-state index in [0.29, 0.717) is 17.0 Å². The van der Waals surface area contributed by atoms with Crippen LogP contribution in [0.2, 0.25) is 0 Å². The standard InChI is InChI=1S/C23H27N5O3/c1-15-18(6-5-7-19(15)24)21(25)27-31-22(29)20-12-13-28(26-20)14-30-17-10-8-16(9-11-17)23(2,3)4/h5-13H,14,24H2,1-4H3,(H2,25,27). The van der Waals surface area contributed by atoms with Crippen LogP contribution in [0.15, 0.2) is 59.9 Å². The first-order valence-corrected chi connectivity index (χ1v) is 9.82. The maximum atomic E-state index is 12.2. The van der Waals surface area contributed by atoms with Crippen LogP contribution in [0.3, 0.4) is 0 Å². The summed E-state index contributed by atoms with van der Waals surface area (Å²) < 4.78 is 7.21. The number of hydrogen-bond acceptors (Lipinski definition) is 6. The number of rotatable bonds is 6. The number of benzene rings is 2. The lowest BCUT2D eigenvalue weighted by atomic mass is 9.87. The zero-order chi connectivity index (χ0) is 22.6. The van der Waals surface area contributed by atoms with Gasteiger partial charge in [-0.15, -0.1) is 0 Å². The Morgan fingerprint density at radius 3 is 2.52 bits per heavy atom. The molecular formula is C23H27N5O3. The highest BCUT2D eigenvalue weighted by atomic mass is 16.7. The van der Waals surface area contributed by atoms with E-state index < -0.39 is 5.97 Å². The summed E-state index contributed by atoms with van der Waals surface area (Å²) in [5.41, 5.74) is 15.1. The molecule has 0 aliphatic rings. The minimum Gasteiger partial charge on any atom is -0.471 e. The fraction of sp³-hybridized carbons (Fsp3) is 0.261. The van der Waals surface area contributed by atoms with Crippen molar-refractivity contribution in [3.63, 3.8) is 0 Å². The van der Waals surface area contributed by atoms with Crippen LogP contribution in [-0.2, 0) is 17.0 Å². The van der Waals surface area contributed by atoms with Gasteiger partial charge in [0.2, 0.25) is 0 Å². The van der Waals surface area contributed by atoms with Crippen LogP contribution in [0.25, 0.3) is 0 Å². The predicted molar refractivity (Wildman–Crippen MR) is 120 cm³/mol. The van der Waals surface area contributed by atoms with Crippen LogP contribution in [0, 0.1) is 6.92 Å². The first-order chi connectivity index (χ1) is 14.6. The molecule has 0 saturated heterocycles. The van der Waals surface area contributed by atoms with E-state index in [1.807, 2.05) is 31.2 Å². The third-order valence-corrected chi connectivity index (χ3v) is 4.81. The normalized spacial score (nSPS) is 11.9. The molecule has 8 heteroatoms. The van der Waals surface area contributed by atoms with Crippen molar-refractivity contribution < 1.29 is 14.4 Å². The summed E-state index contributed by atoms with van der Waals surface area (Å²) >= 11 is 0. The van der Waals surface area contributed by atoms with E-state index >= 15 is 0 Å². The van der Waals surface area contributed by atoms with Gasteiger partial charge in [0, 0.05) is 17.4 Å². The van der Waals surface area contributed by atoms with Crippen molar-refractivity contribution >= 4 is 17.5 Å². The van der Waals surface area contributed by atoms with Crippen molar-refractivity contribution in [2.75, 3.05) is 5.73 Å². The van der Waals surface area contributed by atoms with Crippen molar-refractivity contribution in [1.82, 2.24) is 9.78 Å². The lowest BCUT2D eigenvalue weighted by molar-refractivity contribution is 0.0507. The molecule has 8 nitrogen and oxygen atoms in total. The summed E-state index contributed by atoms with van der Waals surface area (Å²) in [6.45, 7) is 8.42. The van der Waals surface area contributed by atoms with E-state index in [2.05, 4.69) is 31.0 Å². The zero-order valence-corrected chi connectivity index (χ0v) is 18.1. The summed E-state index contributed by atoms with van der Waals surface area (Å²) in [4.78, 5) is 17.2. The third-order valence-electron chi connectivity index (χ3n) is 4.81. The highest BCUT2D eigenvalue weighted by Gasteiger charge is 2.14. The van der Waals surface area contributed by atoms with Crippen LogP contribution < -0.4 is 16.2 Å². The van der Waals surface area contributed by atoms with Crippen LogP contribution >= 0.6 is 0 Å². The van der Waals surface area contributed by atoms with Crippen molar-refractivity contribution in [2.24, 2.45) is 10.9 Å². The maximum Gasteiger partial charge on any atom is 0.385 e. The molecule has 0 aliphatic carbocycles. The second-order valence-electron chi connectivity index (χ2n) is 8.16. The third kappa shape index (κ3) is 5.42. The zero-order valence-electron chi connectivity index (χ0n) is 18.1. The number of carbonyl (C=O) groups is 1. The largest absolute Gasteiger partial charge is 0.471 e. The molecule has 3 aromatic rings. The number of nitrogen functional groups attached to an aromatic ring is 1. The Labute approximate surface area is 181 Å². The van der Waals surface area contributed by atoms with Crippen LogP contribution in [0.4, 0.5) is 5.69 Å². The van der Waals surface area contributed by atoms with Crippen molar-refractivity contribution in [1.29, 1.82) is 0 Å². The van der Waals surface area contributed by atoms with Gasteiger partial charge in [0.1, 0.15) is 5.75 Å². The Balaban J connectivity index is 1.58. The van der Waals surface area contributed by atoms with E-state index in [1.165, 1.54) is 16.3 Å². The molecule has 1 heterocycles. The van der Waals surface area contributed by atoms with Gasteiger partial charge in [-0.1, -0.05) is 50.2 Å². The molecule has 31 heavy (non-hydrogen) atoms. The summed E-state index contributed by atoms with van der Waals surface area (Å²) in [6.07, 6.45) is 1.62. The highest BCUT2D eigenvalue weighted by molar-refractivity contribution is 6.00. The van der Waals surface area contributed by atoms with Crippen LogP contribution in [0.5, 0.6) is 5.75 Å². The van der Waals surface area contributed by atoms with Crippen molar-refractivity contribution in [3.05, 3.63) is 77.1 Å². The lowest BCUT2D eigenvalue weighted by Gasteiger charge is -2.19. The van der Waals surface area contributed by atoms with Crippen LogP contribution in [-0.4, -0.2) is 21.6 Å². The topological polar surface area (TPSA) is 118 Å². The molecule has 0 spiro atoms. The van der Waals surface area contributed by atoms with Gasteiger partial charge in [-0.3, -0.25) is 0 Å². The van der Waals surface area contributed by atoms with E-state index in [0.717, 1.165) is 5.56 Å². The number of nitrogens with zero attached hydrogens (tertiary/aromatic N) is 3. The summed E-state index contributed by atoms with van der Waals surface area (Å²) in [6, 6.07) is 14.7. The number of nitrogens with two attached hydrogens (primary N) is 2. The Morgan fingerprint density at radius 1 is 1.13 bits per heavy atom. The number of amidine groups is 1. The second-order valence-corrected chi connectivity index (χ2v) is 8.16. The molecule has 0 fully saturated rings. The fourth-order valence-corrected chi connectivity index (χ4v) is 2.85. The predicted octanol–water partition coefficient (Wildman–Crippen LogP) is 3.59. The number of hydrogen-bond donors (Lipinski definition) is 2. The molecule has 3 rings (SSSR count). The lowest BCUT2D eigenvalue weighted by Crippen LogP contribution is -2.17. The van der Waals surface area contributed by atoms with Crippen molar-refractivity contribution in [2.45, 2.75) is 39.8 Å². The van der Waals surface area contributed by atoms with Gasteiger partial charge in [-0.25, -0.2) is 9.48 Å². The molecule has 0 bridgehead atoms. The molecule has 0 radical (unpaired) electrons. The van der Waals surface area contributed by atoms with E-state index in [4.69, 9.17) is 21.0 Å².